The zero-order chi connectivity index (χ0) is 24.3. The number of ether oxygens (including phenoxy) is 1. The van der Waals surface area contributed by atoms with E-state index in [1.54, 1.807) is 12.1 Å². The van der Waals surface area contributed by atoms with Gasteiger partial charge in [0.15, 0.2) is 5.82 Å². The molecule has 182 valence electrons. The average molecular weight is 497 g/mol. The number of rotatable bonds is 7. The predicted octanol–water partition coefficient (Wildman–Crippen LogP) is 3.18. The van der Waals surface area contributed by atoms with Crippen LogP contribution in [0.15, 0.2) is 40.8 Å². The van der Waals surface area contributed by atoms with Crippen LogP contribution < -0.4 is 9.64 Å². The molecular weight excluding hydrogens is 475 g/mol. The van der Waals surface area contributed by atoms with E-state index in [-0.39, 0.29) is 35.8 Å². The molecule has 2 aromatic heterocycles. The van der Waals surface area contributed by atoms with Crippen molar-refractivity contribution in [3.63, 3.8) is 0 Å². The fraction of sp³-hybridized carbons (Fsp3) is 0.429. The number of alkyl halides is 3. The standard InChI is InChI=1S/C21H22F3N5O4S/c1-34(30,31)13-10-19-27-28-20(33-19)16-6-7-18(26-25-16)29-11-8-14(9-12-29)32-17-5-3-2-4-15(17)21(22,23)24/h2-7,14H,8-13H2,1H3. The number of aromatic nitrogens is 4. The van der Waals surface area contributed by atoms with E-state index in [0.29, 0.717) is 37.4 Å². The molecule has 3 heterocycles. The molecule has 0 aliphatic carbocycles. The van der Waals surface area contributed by atoms with Crippen molar-refractivity contribution in [3.05, 3.63) is 47.9 Å². The van der Waals surface area contributed by atoms with Crippen LogP contribution in [0.25, 0.3) is 11.6 Å². The van der Waals surface area contributed by atoms with Crippen LogP contribution >= 0.6 is 0 Å². The number of benzene rings is 1. The van der Waals surface area contributed by atoms with E-state index >= 15 is 0 Å². The van der Waals surface area contributed by atoms with Crippen molar-refractivity contribution < 1.29 is 30.7 Å². The molecule has 0 spiro atoms. The fourth-order valence-electron chi connectivity index (χ4n) is 3.52. The molecule has 1 aliphatic rings. The van der Waals surface area contributed by atoms with Crippen molar-refractivity contribution in [2.45, 2.75) is 31.5 Å². The molecule has 0 radical (unpaired) electrons. The van der Waals surface area contributed by atoms with Gasteiger partial charge in [0, 0.05) is 38.6 Å². The molecule has 34 heavy (non-hydrogen) atoms. The van der Waals surface area contributed by atoms with Gasteiger partial charge in [-0.25, -0.2) is 8.42 Å². The minimum Gasteiger partial charge on any atom is -0.490 e. The highest BCUT2D eigenvalue weighted by Crippen LogP contribution is 2.37. The van der Waals surface area contributed by atoms with Gasteiger partial charge in [-0.1, -0.05) is 12.1 Å². The van der Waals surface area contributed by atoms with Crippen molar-refractivity contribution in [3.8, 4) is 17.3 Å². The normalized spacial score (nSPS) is 15.5. The third-order valence-electron chi connectivity index (χ3n) is 5.28. The summed E-state index contributed by atoms with van der Waals surface area (Å²) in [6, 6.07) is 8.62. The molecule has 9 nitrogen and oxygen atoms in total. The molecule has 0 bridgehead atoms. The largest absolute Gasteiger partial charge is 0.490 e. The molecule has 3 aromatic rings. The molecule has 0 unspecified atom stereocenters. The van der Waals surface area contributed by atoms with Gasteiger partial charge < -0.3 is 14.1 Å². The van der Waals surface area contributed by atoms with Crippen molar-refractivity contribution >= 4 is 15.7 Å². The second kappa shape index (κ2) is 9.57. The molecule has 1 fully saturated rings. The first-order chi connectivity index (χ1) is 16.1. The van der Waals surface area contributed by atoms with Gasteiger partial charge in [0.25, 0.3) is 5.89 Å². The Balaban J connectivity index is 1.34. The van der Waals surface area contributed by atoms with Crippen LogP contribution in [0.5, 0.6) is 5.75 Å². The smallest absolute Gasteiger partial charge is 0.419 e. The van der Waals surface area contributed by atoms with Crippen molar-refractivity contribution in [1.29, 1.82) is 0 Å². The van der Waals surface area contributed by atoms with Crippen LogP contribution in [0.4, 0.5) is 19.0 Å². The summed E-state index contributed by atoms with van der Waals surface area (Å²) in [5, 5.41) is 16.0. The molecule has 13 heteroatoms. The van der Waals surface area contributed by atoms with Crippen molar-refractivity contribution in [1.82, 2.24) is 20.4 Å². The Labute approximate surface area is 193 Å². The lowest BCUT2D eigenvalue weighted by molar-refractivity contribution is -0.139. The lowest BCUT2D eigenvalue weighted by Crippen LogP contribution is -2.39. The lowest BCUT2D eigenvalue weighted by atomic mass is 10.1. The Morgan fingerprint density at radius 2 is 1.79 bits per heavy atom. The van der Waals surface area contributed by atoms with Crippen LogP contribution in [-0.2, 0) is 22.4 Å². The number of hydrogen-bond donors (Lipinski definition) is 0. The molecule has 0 saturated carbocycles. The van der Waals surface area contributed by atoms with Gasteiger partial charge in [-0.05, 0) is 24.3 Å². The van der Waals surface area contributed by atoms with E-state index in [4.69, 9.17) is 9.15 Å². The maximum Gasteiger partial charge on any atom is 0.419 e. The number of nitrogens with zero attached hydrogens (tertiary/aromatic N) is 5. The van der Waals surface area contributed by atoms with Gasteiger partial charge in [-0.2, -0.15) is 13.2 Å². The van der Waals surface area contributed by atoms with E-state index in [0.717, 1.165) is 12.3 Å². The number of anilines is 1. The molecule has 0 N–H and O–H groups in total. The van der Waals surface area contributed by atoms with Gasteiger partial charge in [-0.15, -0.1) is 20.4 Å². The minimum absolute atomic E-state index is 0.0965. The molecule has 0 amide bonds. The van der Waals surface area contributed by atoms with Crippen LogP contribution in [0.1, 0.15) is 24.3 Å². The summed E-state index contributed by atoms with van der Waals surface area (Å²) in [5.74, 6) is 0.682. The Morgan fingerprint density at radius 1 is 1.06 bits per heavy atom. The van der Waals surface area contributed by atoms with E-state index < -0.39 is 21.6 Å². The van der Waals surface area contributed by atoms with Crippen LogP contribution in [0.3, 0.4) is 0 Å². The molecule has 0 atom stereocenters. The Kier molecular flexibility index (Phi) is 6.73. The second-order valence-corrected chi connectivity index (χ2v) is 10.2. The quantitative estimate of drug-likeness (QED) is 0.486. The van der Waals surface area contributed by atoms with Gasteiger partial charge in [0.1, 0.15) is 27.4 Å². The summed E-state index contributed by atoms with van der Waals surface area (Å²) in [5.41, 5.74) is -0.428. The van der Waals surface area contributed by atoms with Crippen molar-refractivity contribution in [2.75, 3.05) is 30.0 Å². The maximum atomic E-state index is 13.2. The summed E-state index contributed by atoms with van der Waals surface area (Å²) in [7, 11) is -3.15. The number of halogens is 3. The number of aryl methyl sites for hydroxylation is 1. The van der Waals surface area contributed by atoms with E-state index in [1.807, 2.05) is 4.90 Å². The highest BCUT2D eigenvalue weighted by molar-refractivity contribution is 7.90. The molecule has 1 aromatic carbocycles. The maximum absolute atomic E-state index is 13.2. The lowest BCUT2D eigenvalue weighted by Gasteiger charge is -2.33. The number of sulfone groups is 1. The summed E-state index contributed by atoms with van der Waals surface area (Å²) in [6.07, 6.45) is -2.50. The Bertz CT molecular complexity index is 1220. The zero-order valence-electron chi connectivity index (χ0n) is 18.2. The average Bonchev–Trinajstić information content (AvgIpc) is 3.27. The van der Waals surface area contributed by atoms with E-state index in [2.05, 4.69) is 20.4 Å². The molecule has 1 aliphatic heterocycles. The predicted molar refractivity (Wildman–Crippen MR) is 116 cm³/mol. The summed E-state index contributed by atoms with van der Waals surface area (Å²) in [6.45, 7) is 1.09. The monoisotopic (exact) mass is 497 g/mol. The third kappa shape index (κ3) is 6.01. The first-order valence-corrected chi connectivity index (χ1v) is 12.6. The van der Waals surface area contributed by atoms with Crippen LogP contribution in [0.2, 0.25) is 0 Å². The Morgan fingerprint density at radius 3 is 2.44 bits per heavy atom. The number of piperidine rings is 1. The summed E-state index contributed by atoms with van der Waals surface area (Å²) >= 11 is 0. The second-order valence-electron chi connectivity index (χ2n) is 7.96. The van der Waals surface area contributed by atoms with Crippen LogP contribution in [-0.4, -0.2) is 60.0 Å². The summed E-state index contributed by atoms with van der Waals surface area (Å²) in [4.78, 5) is 1.97. The number of para-hydroxylation sites is 1. The van der Waals surface area contributed by atoms with Crippen molar-refractivity contribution in [2.24, 2.45) is 0 Å². The highest BCUT2D eigenvalue weighted by Gasteiger charge is 2.35. The van der Waals surface area contributed by atoms with Gasteiger partial charge >= 0.3 is 6.18 Å². The van der Waals surface area contributed by atoms with E-state index in [1.165, 1.54) is 18.2 Å². The number of hydrogen-bond acceptors (Lipinski definition) is 9. The van der Waals surface area contributed by atoms with Gasteiger partial charge in [0.2, 0.25) is 5.89 Å². The van der Waals surface area contributed by atoms with Crippen LogP contribution in [0, 0.1) is 0 Å². The third-order valence-corrected chi connectivity index (χ3v) is 6.22. The molecule has 1 saturated heterocycles. The first kappa shape index (κ1) is 23.9. The van der Waals surface area contributed by atoms with Gasteiger partial charge in [-0.3, -0.25) is 0 Å². The van der Waals surface area contributed by atoms with E-state index in [9.17, 15) is 21.6 Å². The topological polar surface area (TPSA) is 111 Å². The first-order valence-electron chi connectivity index (χ1n) is 10.5. The zero-order valence-corrected chi connectivity index (χ0v) is 19.0. The fourth-order valence-corrected chi connectivity index (χ4v) is 4.07. The Hall–Kier alpha value is -3.22. The SMILES string of the molecule is CS(=O)(=O)CCc1nnc(-c2ccc(N3CCC(Oc4ccccc4C(F)(F)F)CC3)nn2)o1. The molecular formula is C21H22F3N5O4S. The molecule has 4 rings (SSSR count). The minimum atomic E-state index is -4.47. The summed E-state index contributed by atoms with van der Waals surface area (Å²) < 4.78 is 73.2. The van der Waals surface area contributed by atoms with Gasteiger partial charge in [0.05, 0.1) is 11.3 Å². The highest BCUT2D eigenvalue weighted by atomic mass is 32.2.